The molecule has 4 N–H and O–H groups in total. The Hall–Kier alpha value is -2.85. The standard InChI is InChI=1S/C12H13NO9/c1-12(18,11(17)22-10(16)9(14)15)21-6-7-4-2-3-5-8(7)13(19)20/h2-5,14-16,18H,6H2,1H3. The number of rotatable bonds is 6. The summed E-state index contributed by atoms with van der Waals surface area (Å²) < 4.78 is 8.86. The van der Waals surface area contributed by atoms with E-state index in [0.29, 0.717) is 0 Å². The van der Waals surface area contributed by atoms with Crippen molar-refractivity contribution in [1.29, 1.82) is 0 Å². The lowest BCUT2D eigenvalue weighted by molar-refractivity contribution is -0.386. The van der Waals surface area contributed by atoms with Gasteiger partial charge in [-0.15, -0.1) is 0 Å². The summed E-state index contributed by atoms with van der Waals surface area (Å²) in [6, 6.07) is 5.50. The van der Waals surface area contributed by atoms with Gasteiger partial charge in [0, 0.05) is 13.0 Å². The lowest BCUT2D eigenvalue weighted by atomic mass is 10.2. The number of benzene rings is 1. The number of aliphatic hydroxyl groups is 4. The molecule has 1 aromatic carbocycles. The number of hydrogen-bond acceptors (Lipinski definition) is 9. The van der Waals surface area contributed by atoms with Gasteiger partial charge in [0.15, 0.2) is 0 Å². The molecule has 0 spiro atoms. The molecule has 0 aliphatic carbocycles. The van der Waals surface area contributed by atoms with E-state index in [9.17, 15) is 20.0 Å². The van der Waals surface area contributed by atoms with Crippen molar-refractivity contribution in [2.45, 2.75) is 19.3 Å². The van der Waals surface area contributed by atoms with E-state index in [2.05, 4.69) is 4.74 Å². The van der Waals surface area contributed by atoms with Gasteiger partial charge >= 0.3 is 17.9 Å². The number of aliphatic hydroxyl groups excluding tert-OH is 2. The fourth-order valence-electron chi connectivity index (χ4n) is 1.32. The molecule has 0 fully saturated rings. The predicted octanol–water partition coefficient (Wildman–Crippen LogP) is 1.16. The van der Waals surface area contributed by atoms with Crippen LogP contribution in [0.1, 0.15) is 12.5 Å². The first-order valence-corrected chi connectivity index (χ1v) is 5.77. The molecule has 10 nitrogen and oxygen atoms in total. The van der Waals surface area contributed by atoms with Crippen molar-refractivity contribution < 1.29 is 39.6 Å². The van der Waals surface area contributed by atoms with Gasteiger partial charge in [-0.2, -0.15) is 0 Å². The van der Waals surface area contributed by atoms with Crippen molar-refractivity contribution in [2.24, 2.45) is 0 Å². The smallest absolute Gasteiger partial charge is 0.374 e. The van der Waals surface area contributed by atoms with Crippen LogP contribution in [0.5, 0.6) is 0 Å². The van der Waals surface area contributed by atoms with Crippen LogP contribution < -0.4 is 0 Å². The van der Waals surface area contributed by atoms with Crippen LogP contribution in [-0.4, -0.2) is 37.1 Å². The Morgan fingerprint density at radius 2 is 1.91 bits per heavy atom. The summed E-state index contributed by atoms with van der Waals surface area (Å²) in [6.45, 7) is 0.348. The minimum absolute atomic E-state index is 0.0883. The number of nitro benzene ring substituents is 1. The topological polar surface area (TPSA) is 160 Å². The van der Waals surface area contributed by atoms with E-state index in [0.717, 1.165) is 6.92 Å². The molecule has 120 valence electrons. The number of para-hydroxylation sites is 1. The molecule has 0 aliphatic heterocycles. The summed E-state index contributed by atoms with van der Waals surface area (Å²) in [5.74, 6) is -7.33. The summed E-state index contributed by atoms with van der Waals surface area (Å²) in [5.41, 5.74) is -0.187. The van der Waals surface area contributed by atoms with Crippen LogP contribution in [0.2, 0.25) is 0 Å². The molecule has 1 atom stereocenters. The molecular formula is C12H13NO9. The molecular weight excluding hydrogens is 302 g/mol. The molecule has 1 aromatic rings. The van der Waals surface area contributed by atoms with Gasteiger partial charge in [-0.3, -0.25) is 10.1 Å². The Morgan fingerprint density at radius 3 is 2.45 bits per heavy atom. The minimum atomic E-state index is -2.59. The van der Waals surface area contributed by atoms with Crippen LogP contribution in [0.15, 0.2) is 36.2 Å². The molecule has 22 heavy (non-hydrogen) atoms. The van der Waals surface area contributed by atoms with E-state index in [1.807, 2.05) is 0 Å². The minimum Gasteiger partial charge on any atom is -0.476 e. The summed E-state index contributed by atoms with van der Waals surface area (Å²) in [5, 5.41) is 46.3. The molecule has 0 bridgehead atoms. The maximum atomic E-state index is 11.5. The first kappa shape index (κ1) is 17.2. The lowest BCUT2D eigenvalue weighted by Gasteiger charge is -2.20. The average Bonchev–Trinajstić information content (AvgIpc) is 2.45. The second-order valence-electron chi connectivity index (χ2n) is 4.18. The number of esters is 1. The number of carbonyl (C=O) groups is 1. The molecule has 0 radical (unpaired) electrons. The second-order valence-corrected chi connectivity index (χ2v) is 4.18. The monoisotopic (exact) mass is 315 g/mol. The summed E-state index contributed by atoms with van der Waals surface area (Å²) in [4.78, 5) is 21.6. The third-order valence-corrected chi connectivity index (χ3v) is 2.46. The molecule has 1 unspecified atom stereocenters. The Bertz CT molecular complexity index is 604. The molecule has 1 rings (SSSR count). The predicted molar refractivity (Wildman–Crippen MR) is 69.5 cm³/mol. The summed E-state index contributed by atoms with van der Waals surface area (Å²) in [7, 11) is 0. The van der Waals surface area contributed by atoms with E-state index < -0.39 is 35.2 Å². The zero-order valence-corrected chi connectivity index (χ0v) is 11.3. The number of hydrogen-bond donors (Lipinski definition) is 4. The van der Waals surface area contributed by atoms with Gasteiger partial charge < -0.3 is 29.9 Å². The van der Waals surface area contributed by atoms with Crippen molar-refractivity contribution in [3.05, 3.63) is 51.8 Å². The zero-order valence-electron chi connectivity index (χ0n) is 11.3. The summed E-state index contributed by atoms with van der Waals surface area (Å²) in [6.07, 6.45) is 0. The van der Waals surface area contributed by atoms with Crippen LogP contribution >= 0.6 is 0 Å². The van der Waals surface area contributed by atoms with Gasteiger partial charge in [-0.05, 0) is 6.07 Å². The highest BCUT2D eigenvalue weighted by Gasteiger charge is 2.36. The first-order valence-electron chi connectivity index (χ1n) is 5.77. The fourth-order valence-corrected chi connectivity index (χ4v) is 1.32. The third kappa shape index (κ3) is 4.33. The van der Waals surface area contributed by atoms with Crippen molar-refractivity contribution in [3.63, 3.8) is 0 Å². The van der Waals surface area contributed by atoms with Gasteiger partial charge in [0.05, 0.1) is 17.1 Å². The van der Waals surface area contributed by atoms with Gasteiger partial charge in [0.2, 0.25) is 0 Å². The SMILES string of the molecule is CC(O)(OCc1ccccc1[N+](=O)[O-])C(=O)OC(O)=C(O)O. The number of ether oxygens (including phenoxy) is 2. The van der Waals surface area contributed by atoms with Gasteiger partial charge in [0.1, 0.15) is 0 Å². The normalized spacial score (nSPS) is 13.0. The Labute approximate surface area is 123 Å². The largest absolute Gasteiger partial charge is 0.476 e. The molecule has 0 saturated carbocycles. The van der Waals surface area contributed by atoms with Crippen molar-refractivity contribution in [2.75, 3.05) is 0 Å². The molecule has 0 aliphatic rings. The van der Waals surface area contributed by atoms with Crippen LogP contribution in [0.4, 0.5) is 5.69 Å². The molecule has 0 aromatic heterocycles. The zero-order chi connectivity index (χ0) is 16.9. The number of nitro groups is 1. The summed E-state index contributed by atoms with van der Waals surface area (Å²) >= 11 is 0. The second kappa shape index (κ2) is 6.74. The highest BCUT2D eigenvalue weighted by Crippen LogP contribution is 2.21. The molecule has 0 amide bonds. The maximum absolute atomic E-state index is 11.5. The maximum Gasteiger partial charge on any atom is 0.374 e. The van der Waals surface area contributed by atoms with E-state index in [1.54, 1.807) is 0 Å². The van der Waals surface area contributed by atoms with Gasteiger partial charge in [-0.25, -0.2) is 4.79 Å². The van der Waals surface area contributed by atoms with Crippen LogP contribution in [0, 0.1) is 10.1 Å². The van der Waals surface area contributed by atoms with Crippen LogP contribution in [0.25, 0.3) is 0 Å². The van der Waals surface area contributed by atoms with E-state index >= 15 is 0 Å². The van der Waals surface area contributed by atoms with Crippen molar-refractivity contribution in [1.82, 2.24) is 0 Å². The highest BCUT2D eigenvalue weighted by atomic mass is 16.7. The quantitative estimate of drug-likeness (QED) is 0.198. The highest BCUT2D eigenvalue weighted by molar-refractivity contribution is 5.77. The third-order valence-electron chi connectivity index (χ3n) is 2.46. The van der Waals surface area contributed by atoms with Gasteiger partial charge in [-0.1, -0.05) is 12.1 Å². The van der Waals surface area contributed by atoms with E-state index in [1.165, 1.54) is 24.3 Å². The lowest BCUT2D eigenvalue weighted by Crippen LogP contribution is -2.39. The Morgan fingerprint density at radius 1 is 1.32 bits per heavy atom. The van der Waals surface area contributed by atoms with Crippen molar-refractivity contribution >= 4 is 11.7 Å². The van der Waals surface area contributed by atoms with Crippen LogP contribution in [-0.2, 0) is 20.9 Å². The van der Waals surface area contributed by atoms with E-state index in [-0.39, 0.29) is 11.3 Å². The molecule has 10 heteroatoms. The Balaban J connectivity index is 2.80. The first-order chi connectivity index (χ1) is 10.1. The van der Waals surface area contributed by atoms with Crippen LogP contribution in [0.3, 0.4) is 0 Å². The van der Waals surface area contributed by atoms with Crippen molar-refractivity contribution in [3.8, 4) is 0 Å². The number of nitrogens with zero attached hydrogens (tertiary/aromatic N) is 1. The van der Waals surface area contributed by atoms with Gasteiger partial charge in [0.25, 0.3) is 11.5 Å². The van der Waals surface area contributed by atoms with E-state index in [4.69, 9.17) is 20.1 Å². The molecule has 0 heterocycles. The fraction of sp³-hybridized carbons (Fsp3) is 0.250. The number of carbonyl (C=O) groups excluding carboxylic acids is 1. The Kier molecular flexibility index (Phi) is 5.27. The molecule has 0 saturated heterocycles. The average molecular weight is 315 g/mol.